The van der Waals surface area contributed by atoms with Crippen LogP contribution in [0.15, 0.2) is 36.7 Å². The zero-order valence-electron chi connectivity index (χ0n) is 7.74. The lowest BCUT2D eigenvalue weighted by Gasteiger charge is -2.01. The van der Waals surface area contributed by atoms with Crippen molar-refractivity contribution in [3.05, 3.63) is 48.3 Å². The van der Waals surface area contributed by atoms with Crippen LogP contribution in [0.3, 0.4) is 0 Å². The molecule has 0 spiro atoms. The van der Waals surface area contributed by atoms with Crippen molar-refractivity contribution in [2.24, 2.45) is 0 Å². The lowest BCUT2D eigenvalue weighted by atomic mass is 10.1. The van der Waals surface area contributed by atoms with Crippen LogP contribution in [0.4, 0.5) is 4.39 Å². The molecule has 2 heterocycles. The van der Waals surface area contributed by atoms with Crippen molar-refractivity contribution < 1.29 is 4.39 Å². The Bertz CT molecular complexity index is 437. The molecule has 0 radical (unpaired) electrons. The Hall–Kier alpha value is -1.77. The average Bonchev–Trinajstić information content (AvgIpc) is 2.20. The molecule has 0 aliphatic heterocycles. The second-order valence-corrected chi connectivity index (χ2v) is 3.03. The van der Waals surface area contributed by atoms with Crippen LogP contribution in [-0.2, 0) is 0 Å². The number of hydrogen-bond acceptors (Lipinski definition) is 2. The van der Waals surface area contributed by atoms with E-state index >= 15 is 0 Å². The number of hydrogen-bond donors (Lipinski definition) is 0. The van der Waals surface area contributed by atoms with Gasteiger partial charge in [-0.2, -0.15) is 4.39 Å². The van der Waals surface area contributed by atoms with Gasteiger partial charge in [-0.25, -0.2) is 4.98 Å². The Morgan fingerprint density at radius 2 is 2.00 bits per heavy atom. The van der Waals surface area contributed by atoms with Gasteiger partial charge in [0.1, 0.15) is 0 Å². The van der Waals surface area contributed by atoms with E-state index in [0.29, 0.717) is 5.56 Å². The van der Waals surface area contributed by atoms with Crippen molar-refractivity contribution >= 4 is 0 Å². The first-order valence-corrected chi connectivity index (χ1v) is 4.31. The summed E-state index contributed by atoms with van der Waals surface area (Å²) in [6.45, 7) is 1.89. The third-order valence-electron chi connectivity index (χ3n) is 1.98. The minimum absolute atomic E-state index is 0.460. The maximum atomic E-state index is 13.2. The third kappa shape index (κ3) is 1.62. The summed E-state index contributed by atoms with van der Waals surface area (Å²) in [5, 5.41) is 0. The lowest BCUT2D eigenvalue weighted by Crippen LogP contribution is -1.89. The Morgan fingerprint density at radius 3 is 2.64 bits per heavy atom. The molecule has 0 N–H and O–H groups in total. The standard InChI is InChI=1S/C11H9FN2/c1-8-4-5-9(7-14-8)10-3-2-6-13-11(10)12/h2-7H,1H3. The second-order valence-electron chi connectivity index (χ2n) is 3.03. The molecule has 0 aromatic carbocycles. The summed E-state index contributed by atoms with van der Waals surface area (Å²) >= 11 is 0. The fourth-order valence-corrected chi connectivity index (χ4v) is 1.23. The largest absolute Gasteiger partial charge is 0.261 e. The highest BCUT2D eigenvalue weighted by molar-refractivity contribution is 5.61. The lowest BCUT2D eigenvalue weighted by molar-refractivity contribution is 0.587. The Balaban J connectivity index is 2.50. The van der Waals surface area contributed by atoms with Gasteiger partial charge in [-0.3, -0.25) is 4.98 Å². The van der Waals surface area contributed by atoms with Gasteiger partial charge in [0.15, 0.2) is 0 Å². The molecule has 0 bridgehead atoms. The molecule has 0 saturated heterocycles. The fourth-order valence-electron chi connectivity index (χ4n) is 1.23. The van der Waals surface area contributed by atoms with E-state index in [1.165, 1.54) is 6.20 Å². The summed E-state index contributed by atoms with van der Waals surface area (Å²) < 4.78 is 13.2. The smallest absolute Gasteiger partial charge is 0.220 e. The van der Waals surface area contributed by atoms with E-state index in [0.717, 1.165) is 11.3 Å². The highest BCUT2D eigenvalue weighted by Crippen LogP contribution is 2.19. The van der Waals surface area contributed by atoms with E-state index in [-0.39, 0.29) is 0 Å². The van der Waals surface area contributed by atoms with Crippen molar-refractivity contribution in [2.45, 2.75) is 6.92 Å². The van der Waals surface area contributed by atoms with Crippen LogP contribution in [0.2, 0.25) is 0 Å². The summed E-state index contributed by atoms with van der Waals surface area (Å²) in [4.78, 5) is 7.69. The van der Waals surface area contributed by atoms with Crippen molar-refractivity contribution in [2.75, 3.05) is 0 Å². The van der Waals surface area contributed by atoms with Gasteiger partial charge < -0.3 is 0 Å². The van der Waals surface area contributed by atoms with E-state index in [9.17, 15) is 4.39 Å². The summed E-state index contributed by atoms with van der Waals surface area (Å²) in [6.07, 6.45) is 3.08. The molecule has 14 heavy (non-hydrogen) atoms. The van der Waals surface area contributed by atoms with Gasteiger partial charge in [0, 0.05) is 29.2 Å². The Kier molecular flexibility index (Phi) is 2.23. The minimum Gasteiger partial charge on any atom is -0.261 e. The van der Waals surface area contributed by atoms with Crippen LogP contribution in [0, 0.1) is 12.9 Å². The molecule has 2 aromatic rings. The SMILES string of the molecule is Cc1ccc(-c2cccnc2F)cn1. The molecular weight excluding hydrogens is 179 g/mol. The number of aromatic nitrogens is 2. The van der Waals surface area contributed by atoms with E-state index in [1.807, 2.05) is 19.1 Å². The van der Waals surface area contributed by atoms with E-state index in [2.05, 4.69) is 9.97 Å². The van der Waals surface area contributed by atoms with Crippen molar-refractivity contribution in [3.63, 3.8) is 0 Å². The van der Waals surface area contributed by atoms with E-state index < -0.39 is 5.95 Å². The van der Waals surface area contributed by atoms with Gasteiger partial charge in [-0.05, 0) is 25.1 Å². The average molecular weight is 188 g/mol. The maximum absolute atomic E-state index is 13.2. The summed E-state index contributed by atoms with van der Waals surface area (Å²) in [7, 11) is 0. The van der Waals surface area contributed by atoms with Gasteiger partial charge in [-0.15, -0.1) is 0 Å². The number of nitrogens with zero attached hydrogens (tertiary/aromatic N) is 2. The predicted molar refractivity (Wildman–Crippen MR) is 52.2 cm³/mol. The Labute approximate surface area is 81.5 Å². The zero-order valence-corrected chi connectivity index (χ0v) is 7.74. The Morgan fingerprint density at radius 1 is 1.14 bits per heavy atom. The molecule has 0 aliphatic carbocycles. The highest BCUT2D eigenvalue weighted by atomic mass is 19.1. The first-order chi connectivity index (χ1) is 6.77. The molecule has 0 amide bonds. The molecule has 0 aliphatic rings. The van der Waals surface area contributed by atoms with Crippen LogP contribution >= 0.6 is 0 Å². The summed E-state index contributed by atoms with van der Waals surface area (Å²) in [5.41, 5.74) is 2.15. The van der Waals surface area contributed by atoms with Crippen LogP contribution in [0.5, 0.6) is 0 Å². The molecule has 0 fully saturated rings. The van der Waals surface area contributed by atoms with Crippen LogP contribution in [0.1, 0.15) is 5.69 Å². The summed E-state index contributed by atoms with van der Waals surface area (Å²) in [6, 6.07) is 7.08. The zero-order chi connectivity index (χ0) is 9.97. The topological polar surface area (TPSA) is 25.8 Å². The molecule has 0 unspecified atom stereocenters. The quantitative estimate of drug-likeness (QED) is 0.643. The molecule has 2 rings (SSSR count). The number of halogens is 1. The summed E-state index contributed by atoms with van der Waals surface area (Å²) in [5.74, 6) is -0.460. The van der Waals surface area contributed by atoms with Crippen LogP contribution < -0.4 is 0 Å². The number of aryl methyl sites for hydroxylation is 1. The fraction of sp³-hybridized carbons (Fsp3) is 0.0909. The first-order valence-electron chi connectivity index (χ1n) is 4.31. The van der Waals surface area contributed by atoms with Gasteiger partial charge in [0.25, 0.3) is 0 Å². The molecule has 2 aromatic heterocycles. The second kappa shape index (κ2) is 3.54. The molecule has 70 valence electrons. The van der Waals surface area contributed by atoms with E-state index in [4.69, 9.17) is 0 Å². The molecule has 0 saturated carbocycles. The molecule has 2 nitrogen and oxygen atoms in total. The molecule has 3 heteroatoms. The molecular formula is C11H9FN2. The number of pyridine rings is 2. The van der Waals surface area contributed by atoms with Gasteiger partial charge in [-0.1, -0.05) is 6.07 Å². The minimum atomic E-state index is -0.460. The predicted octanol–water partition coefficient (Wildman–Crippen LogP) is 2.59. The van der Waals surface area contributed by atoms with Gasteiger partial charge in [0.2, 0.25) is 5.95 Å². The van der Waals surface area contributed by atoms with Crippen molar-refractivity contribution in [3.8, 4) is 11.1 Å². The van der Waals surface area contributed by atoms with Crippen molar-refractivity contribution in [1.82, 2.24) is 9.97 Å². The highest BCUT2D eigenvalue weighted by Gasteiger charge is 2.04. The molecule has 0 atom stereocenters. The first kappa shape index (κ1) is 8.81. The monoisotopic (exact) mass is 188 g/mol. The maximum Gasteiger partial charge on any atom is 0.220 e. The normalized spacial score (nSPS) is 10.1. The van der Waals surface area contributed by atoms with E-state index in [1.54, 1.807) is 18.3 Å². The van der Waals surface area contributed by atoms with Crippen LogP contribution in [0.25, 0.3) is 11.1 Å². The van der Waals surface area contributed by atoms with Crippen molar-refractivity contribution in [1.29, 1.82) is 0 Å². The van der Waals surface area contributed by atoms with Gasteiger partial charge >= 0.3 is 0 Å². The number of rotatable bonds is 1. The third-order valence-corrected chi connectivity index (χ3v) is 1.98. The van der Waals surface area contributed by atoms with Crippen LogP contribution in [-0.4, -0.2) is 9.97 Å². The van der Waals surface area contributed by atoms with Gasteiger partial charge in [0.05, 0.1) is 0 Å².